The molecule has 2 heteroatoms. The number of rotatable bonds is 4. The van der Waals surface area contributed by atoms with Gasteiger partial charge in [0.15, 0.2) is 0 Å². The molecule has 1 atom stereocenters. The highest BCUT2D eigenvalue weighted by Crippen LogP contribution is 2.09. The Balaban J connectivity index is 2.24. The van der Waals surface area contributed by atoms with Crippen molar-refractivity contribution >= 4 is 0 Å². The molecule has 1 aliphatic heterocycles. The van der Waals surface area contributed by atoms with Gasteiger partial charge in [-0.05, 0) is 25.3 Å². The average molecular weight is 184 g/mol. The lowest BCUT2D eigenvalue weighted by molar-refractivity contribution is 0.187. The van der Waals surface area contributed by atoms with Crippen LogP contribution in [0.2, 0.25) is 0 Å². The van der Waals surface area contributed by atoms with Crippen LogP contribution in [-0.2, 0) is 0 Å². The maximum atomic E-state index is 3.60. The molecule has 0 radical (unpaired) electrons. The Bertz CT molecular complexity index is 132. The summed E-state index contributed by atoms with van der Waals surface area (Å²) in [5.74, 6) is 0.819. The minimum atomic E-state index is 0.736. The van der Waals surface area contributed by atoms with Gasteiger partial charge in [-0.15, -0.1) is 0 Å². The third-order valence-electron chi connectivity index (χ3n) is 2.64. The maximum absolute atomic E-state index is 3.60. The fourth-order valence-corrected chi connectivity index (χ4v) is 2.14. The summed E-state index contributed by atoms with van der Waals surface area (Å²) in [6.45, 7) is 11.8. The fraction of sp³-hybridized carbons (Fsp3) is 1.00. The lowest BCUT2D eigenvalue weighted by Crippen LogP contribution is -2.51. The van der Waals surface area contributed by atoms with Gasteiger partial charge in [0.2, 0.25) is 0 Å². The van der Waals surface area contributed by atoms with Crippen molar-refractivity contribution in [1.29, 1.82) is 0 Å². The molecule has 1 saturated heterocycles. The minimum absolute atomic E-state index is 0.736. The van der Waals surface area contributed by atoms with Crippen LogP contribution >= 0.6 is 0 Å². The lowest BCUT2D eigenvalue weighted by atomic mass is 10.0. The summed E-state index contributed by atoms with van der Waals surface area (Å²) < 4.78 is 0. The highest BCUT2D eigenvalue weighted by atomic mass is 15.2. The Hall–Kier alpha value is -0.0800. The molecule has 78 valence electrons. The second-order valence-corrected chi connectivity index (χ2v) is 4.58. The van der Waals surface area contributed by atoms with Crippen LogP contribution in [0.4, 0.5) is 0 Å². The molecule has 1 heterocycles. The zero-order valence-electron chi connectivity index (χ0n) is 9.34. The molecule has 1 aliphatic rings. The van der Waals surface area contributed by atoms with E-state index >= 15 is 0 Å². The quantitative estimate of drug-likeness (QED) is 0.715. The van der Waals surface area contributed by atoms with E-state index in [2.05, 4.69) is 31.0 Å². The Labute approximate surface area is 82.7 Å². The van der Waals surface area contributed by atoms with Crippen LogP contribution in [0.3, 0.4) is 0 Å². The summed E-state index contributed by atoms with van der Waals surface area (Å²) in [7, 11) is 0. The molecule has 0 bridgehead atoms. The van der Waals surface area contributed by atoms with Gasteiger partial charge in [-0.3, -0.25) is 0 Å². The molecule has 1 unspecified atom stereocenters. The molecule has 0 saturated carbocycles. The Morgan fingerprint density at radius 2 is 2.23 bits per heavy atom. The number of nitrogens with one attached hydrogen (secondary N) is 1. The second kappa shape index (κ2) is 5.61. The summed E-state index contributed by atoms with van der Waals surface area (Å²) in [5, 5.41) is 3.60. The topological polar surface area (TPSA) is 15.3 Å². The first-order chi connectivity index (χ1) is 6.22. The van der Waals surface area contributed by atoms with E-state index in [0.29, 0.717) is 0 Å². The number of nitrogens with zero attached hydrogens (tertiary/aromatic N) is 1. The Kier molecular flexibility index (Phi) is 4.74. The molecule has 0 aromatic rings. The van der Waals surface area contributed by atoms with Crippen LogP contribution in [0, 0.1) is 5.92 Å². The van der Waals surface area contributed by atoms with Crippen LogP contribution < -0.4 is 5.32 Å². The average Bonchev–Trinajstić information content (AvgIpc) is 2.04. The molecule has 0 amide bonds. The lowest BCUT2D eigenvalue weighted by Gasteiger charge is -2.34. The first-order valence-corrected chi connectivity index (χ1v) is 5.68. The van der Waals surface area contributed by atoms with Crippen molar-refractivity contribution in [3.05, 3.63) is 0 Å². The van der Waals surface area contributed by atoms with Gasteiger partial charge < -0.3 is 10.2 Å². The van der Waals surface area contributed by atoms with Gasteiger partial charge in [-0.1, -0.05) is 20.8 Å². The minimum Gasteiger partial charge on any atom is -0.311 e. The van der Waals surface area contributed by atoms with E-state index in [9.17, 15) is 0 Å². The number of piperazine rings is 1. The smallest absolute Gasteiger partial charge is 0.0197 e. The summed E-state index contributed by atoms with van der Waals surface area (Å²) >= 11 is 0. The monoisotopic (exact) mass is 184 g/mol. The molecule has 0 spiro atoms. The highest BCUT2D eigenvalue weighted by molar-refractivity contribution is 4.78. The van der Waals surface area contributed by atoms with E-state index in [1.807, 2.05) is 0 Å². The van der Waals surface area contributed by atoms with Crippen LogP contribution in [-0.4, -0.2) is 37.1 Å². The normalized spacial score (nSPS) is 25.4. The Morgan fingerprint density at radius 3 is 2.85 bits per heavy atom. The van der Waals surface area contributed by atoms with Crippen molar-refractivity contribution in [3.8, 4) is 0 Å². The molecule has 0 aromatic heterocycles. The predicted octanol–water partition coefficient (Wildman–Crippen LogP) is 1.72. The van der Waals surface area contributed by atoms with Crippen molar-refractivity contribution in [2.24, 2.45) is 5.92 Å². The van der Waals surface area contributed by atoms with E-state index in [-0.39, 0.29) is 0 Å². The molecular weight excluding hydrogens is 160 g/mol. The summed E-state index contributed by atoms with van der Waals surface area (Å²) in [5.41, 5.74) is 0. The zero-order valence-corrected chi connectivity index (χ0v) is 9.34. The first kappa shape index (κ1) is 11.0. The SMILES string of the molecule is CCCN1CCNC(CC(C)C)C1. The zero-order chi connectivity index (χ0) is 9.68. The van der Waals surface area contributed by atoms with Gasteiger partial charge in [-0.2, -0.15) is 0 Å². The first-order valence-electron chi connectivity index (χ1n) is 5.68. The van der Waals surface area contributed by atoms with Gasteiger partial charge >= 0.3 is 0 Å². The molecule has 13 heavy (non-hydrogen) atoms. The molecule has 1 rings (SSSR count). The summed E-state index contributed by atoms with van der Waals surface area (Å²) in [4.78, 5) is 2.59. The van der Waals surface area contributed by atoms with Gasteiger partial charge in [0.05, 0.1) is 0 Å². The van der Waals surface area contributed by atoms with E-state index in [0.717, 1.165) is 12.0 Å². The van der Waals surface area contributed by atoms with Crippen molar-refractivity contribution in [3.63, 3.8) is 0 Å². The highest BCUT2D eigenvalue weighted by Gasteiger charge is 2.18. The van der Waals surface area contributed by atoms with Gasteiger partial charge in [-0.25, -0.2) is 0 Å². The maximum Gasteiger partial charge on any atom is 0.0197 e. The Morgan fingerprint density at radius 1 is 1.46 bits per heavy atom. The molecule has 0 aliphatic carbocycles. The van der Waals surface area contributed by atoms with Crippen LogP contribution in [0.25, 0.3) is 0 Å². The van der Waals surface area contributed by atoms with Gasteiger partial charge in [0.25, 0.3) is 0 Å². The largest absolute Gasteiger partial charge is 0.311 e. The van der Waals surface area contributed by atoms with E-state index < -0.39 is 0 Å². The van der Waals surface area contributed by atoms with Crippen molar-refractivity contribution < 1.29 is 0 Å². The number of hydrogen-bond donors (Lipinski definition) is 1. The van der Waals surface area contributed by atoms with Crippen molar-refractivity contribution in [2.75, 3.05) is 26.2 Å². The molecule has 0 aromatic carbocycles. The third kappa shape index (κ3) is 4.10. The molecule has 1 N–H and O–H groups in total. The van der Waals surface area contributed by atoms with E-state index in [4.69, 9.17) is 0 Å². The van der Waals surface area contributed by atoms with Crippen LogP contribution in [0.15, 0.2) is 0 Å². The fourth-order valence-electron chi connectivity index (χ4n) is 2.14. The standard InChI is InChI=1S/C11H24N2/c1-4-6-13-7-5-12-11(9-13)8-10(2)3/h10-12H,4-9H2,1-3H3. The molecule has 2 nitrogen and oxygen atoms in total. The van der Waals surface area contributed by atoms with Crippen molar-refractivity contribution in [1.82, 2.24) is 10.2 Å². The van der Waals surface area contributed by atoms with Crippen LogP contribution in [0.5, 0.6) is 0 Å². The van der Waals surface area contributed by atoms with E-state index in [1.165, 1.54) is 39.0 Å². The molecule has 1 fully saturated rings. The summed E-state index contributed by atoms with van der Waals surface area (Å²) in [6.07, 6.45) is 2.61. The third-order valence-corrected chi connectivity index (χ3v) is 2.64. The van der Waals surface area contributed by atoms with Crippen LogP contribution in [0.1, 0.15) is 33.6 Å². The molecular formula is C11H24N2. The van der Waals surface area contributed by atoms with Crippen molar-refractivity contribution in [2.45, 2.75) is 39.7 Å². The second-order valence-electron chi connectivity index (χ2n) is 4.58. The predicted molar refractivity (Wildman–Crippen MR) is 58.0 cm³/mol. The van der Waals surface area contributed by atoms with E-state index in [1.54, 1.807) is 0 Å². The number of hydrogen-bond acceptors (Lipinski definition) is 2. The van der Waals surface area contributed by atoms with Gasteiger partial charge in [0.1, 0.15) is 0 Å². The summed E-state index contributed by atoms with van der Waals surface area (Å²) in [6, 6.07) is 0.736. The van der Waals surface area contributed by atoms with Gasteiger partial charge in [0, 0.05) is 25.7 Å².